The summed E-state index contributed by atoms with van der Waals surface area (Å²) in [5, 5.41) is 24.4. The van der Waals surface area contributed by atoms with E-state index in [-0.39, 0.29) is 25.1 Å². The molecule has 0 fully saturated rings. The molecule has 1 heterocycles. The van der Waals surface area contributed by atoms with E-state index >= 15 is 4.39 Å². The molecule has 0 aliphatic heterocycles. The monoisotopic (exact) mass is 732 g/mol. The first kappa shape index (κ1) is 41.0. The summed E-state index contributed by atoms with van der Waals surface area (Å²) < 4.78 is 36.6. The van der Waals surface area contributed by atoms with Gasteiger partial charge in [0.2, 0.25) is 11.8 Å². The van der Waals surface area contributed by atoms with Crippen LogP contribution in [0.2, 0.25) is 0 Å². The lowest BCUT2D eigenvalue weighted by atomic mass is 9.82. The number of nitrogens with zero attached hydrogens (tertiary/aromatic N) is 2. The number of benzene rings is 2. The highest BCUT2D eigenvalue weighted by Crippen LogP contribution is 2.41. The van der Waals surface area contributed by atoms with Gasteiger partial charge in [0.15, 0.2) is 0 Å². The SMILES string of the molecule is C[C@@H](NC(=O)[C@H](CCN(C(=O)CO)[C@@H](c1cc(-c2cc(F)ccc2F)cn1Cc1ccccc1)C(C)(C)C)NC(=O)OCCS(C)(C)C)C(=O)O. The highest BCUT2D eigenvalue weighted by Gasteiger charge is 2.38. The van der Waals surface area contributed by atoms with Gasteiger partial charge in [-0.2, -0.15) is 0 Å². The second kappa shape index (κ2) is 17.7. The molecule has 3 rings (SSSR count). The highest BCUT2D eigenvalue weighted by atomic mass is 32.3. The number of aromatic nitrogens is 1. The number of alkyl carbamates (subject to hydrolysis) is 1. The van der Waals surface area contributed by atoms with E-state index in [4.69, 9.17) is 4.74 Å². The van der Waals surface area contributed by atoms with Gasteiger partial charge in [0.25, 0.3) is 0 Å². The zero-order chi connectivity index (χ0) is 38.1. The number of hydrogen-bond acceptors (Lipinski definition) is 6. The molecule has 14 heteroatoms. The van der Waals surface area contributed by atoms with Gasteiger partial charge in [0.1, 0.15) is 36.9 Å². The third-order valence-corrected chi connectivity index (χ3v) is 9.55. The predicted octanol–water partition coefficient (Wildman–Crippen LogP) is 5.16. The van der Waals surface area contributed by atoms with Crippen LogP contribution in [0.15, 0.2) is 60.8 Å². The molecule has 0 bridgehead atoms. The van der Waals surface area contributed by atoms with Crippen LogP contribution in [0.4, 0.5) is 13.6 Å². The van der Waals surface area contributed by atoms with Gasteiger partial charge in [0.05, 0.1) is 6.04 Å². The number of hydrogen-bond donors (Lipinski definition) is 4. The molecule has 3 aromatic rings. The third-order valence-electron chi connectivity index (χ3n) is 8.16. The lowest BCUT2D eigenvalue weighted by Gasteiger charge is -2.41. The maximum absolute atomic E-state index is 15.1. The minimum Gasteiger partial charge on any atom is -0.480 e. The lowest BCUT2D eigenvalue weighted by molar-refractivity contribution is -0.141. The Morgan fingerprint density at radius 3 is 2.25 bits per heavy atom. The molecule has 0 spiro atoms. The van der Waals surface area contributed by atoms with E-state index in [0.29, 0.717) is 23.6 Å². The van der Waals surface area contributed by atoms with Crippen molar-refractivity contribution in [3.05, 3.63) is 83.7 Å². The third kappa shape index (κ3) is 12.1. The molecular formula is C37H50F2N4O7S. The summed E-state index contributed by atoms with van der Waals surface area (Å²) >= 11 is 0. The number of nitrogens with one attached hydrogen (secondary N) is 2. The van der Waals surface area contributed by atoms with Gasteiger partial charge in [-0.3, -0.25) is 14.4 Å². The summed E-state index contributed by atoms with van der Waals surface area (Å²) in [6, 6.07) is 10.9. The molecule has 1 aromatic heterocycles. The first-order chi connectivity index (χ1) is 23.8. The number of rotatable bonds is 16. The second-order valence-corrected chi connectivity index (χ2v) is 19.0. The summed E-state index contributed by atoms with van der Waals surface area (Å²) in [7, 11) is -0.977. The Morgan fingerprint density at radius 2 is 1.67 bits per heavy atom. The summed E-state index contributed by atoms with van der Waals surface area (Å²) in [5.74, 6) is -3.41. The smallest absolute Gasteiger partial charge is 0.407 e. The van der Waals surface area contributed by atoms with E-state index in [1.165, 1.54) is 11.8 Å². The van der Waals surface area contributed by atoms with E-state index in [1.54, 1.807) is 12.3 Å². The summed E-state index contributed by atoms with van der Waals surface area (Å²) in [5.41, 5.74) is 1.10. The number of amides is 3. The fourth-order valence-corrected chi connectivity index (χ4v) is 6.16. The van der Waals surface area contributed by atoms with Crippen LogP contribution in [0.1, 0.15) is 51.4 Å². The van der Waals surface area contributed by atoms with Crippen molar-refractivity contribution in [2.45, 2.75) is 58.8 Å². The van der Waals surface area contributed by atoms with E-state index < -0.39 is 75.7 Å². The number of aliphatic carboxylic acids is 1. The number of carbonyl (C=O) groups is 4. The van der Waals surface area contributed by atoms with Crippen molar-refractivity contribution in [1.82, 2.24) is 20.1 Å². The number of carboxylic acids is 1. The van der Waals surface area contributed by atoms with Crippen molar-refractivity contribution < 1.29 is 42.9 Å². The second-order valence-electron chi connectivity index (χ2n) is 14.4. The Bertz CT molecular complexity index is 1670. The Hall–Kier alpha value is -4.43. The summed E-state index contributed by atoms with van der Waals surface area (Å²) in [6.07, 6.45) is 6.80. The quantitative estimate of drug-likeness (QED) is 0.159. The van der Waals surface area contributed by atoms with Crippen LogP contribution in [-0.4, -0.2) is 99.9 Å². The van der Waals surface area contributed by atoms with Crippen LogP contribution in [0.5, 0.6) is 0 Å². The maximum Gasteiger partial charge on any atom is 0.407 e. The molecule has 0 unspecified atom stereocenters. The number of aliphatic hydroxyl groups excluding tert-OH is 1. The standard InChI is InChI=1S/C37H50F2N4O7S/c1-24(35(47)48)40-34(46)30(41-36(49)50-17-18-51(5,6)7)15-16-43(32(45)23-44)33(37(2,3)4)31-19-26(28-20-27(38)13-14-29(28)39)22-42(31)21-25-11-9-8-10-12-25/h8-14,19-20,22,24,30,33,44H,15-18,21,23H2,1-7H3,(H,40,46)(H,41,49)(H,47,48)/t24-,30+,33+/m1/s1. The van der Waals surface area contributed by atoms with Gasteiger partial charge < -0.3 is 35.1 Å². The zero-order valence-corrected chi connectivity index (χ0v) is 31.1. The van der Waals surface area contributed by atoms with Gasteiger partial charge in [-0.1, -0.05) is 51.1 Å². The van der Waals surface area contributed by atoms with Gasteiger partial charge in [-0.15, -0.1) is 0 Å². The van der Waals surface area contributed by atoms with Crippen molar-refractivity contribution in [3.8, 4) is 11.1 Å². The van der Waals surface area contributed by atoms with Crippen LogP contribution < -0.4 is 10.6 Å². The Labute approximate surface area is 299 Å². The molecule has 11 nitrogen and oxygen atoms in total. The minimum absolute atomic E-state index is 0.0239. The minimum atomic E-state index is -1.32. The molecule has 2 aromatic carbocycles. The Balaban J connectivity index is 2.07. The van der Waals surface area contributed by atoms with E-state index in [2.05, 4.69) is 29.4 Å². The molecular weight excluding hydrogens is 682 g/mol. The topological polar surface area (TPSA) is 150 Å². The number of carbonyl (C=O) groups excluding carboxylic acids is 3. The van der Waals surface area contributed by atoms with E-state index in [0.717, 1.165) is 23.8 Å². The molecule has 0 saturated carbocycles. The molecule has 51 heavy (non-hydrogen) atoms. The summed E-state index contributed by atoms with van der Waals surface area (Å²) in [6.45, 7) is 6.28. The molecule has 0 aliphatic carbocycles. The lowest BCUT2D eigenvalue weighted by Crippen LogP contribution is -2.53. The van der Waals surface area contributed by atoms with Crippen molar-refractivity contribution in [1.29, 1.82) is 0 Å². The van der Waals surface area contributed by atoms with Crippen molar-refractivity contribution in [3.63, 3.8) is 0 Å². The molecule has 3 atom stereocenters. The first-order valence-electron chi connectivity index (χ1n) is 16.5. The molecule has 4 N–H and O–H groups in total. The fourth-order valence-electron chi connectivity index (χ4n) is 5.58. The number of halogens is 2. The van der Waals surface area contributed by atoms with E-state index in [9.17, 15) is 33.8 Å². The predicted molar refractivity (Wildman–Crippen MR) is 195 cm³/mol. The molecule has 3 amide bonds. The maximum atomic E-state index is 15.1. The van der Waals surface area contributed by atoms with Crippen LogP contribution in [0.3, 0.4) is 0 Å². The Morgan fingerprint density at radius 1 is 1.00 bits per heavy atom. The van der Waals surface area contributed by atoms with Crippen molar-refractivity contribution in [2.24, 2.45) is 5.41 Å². The number of aliphatic hydroxyl groups is 1. The van der Waals surface area contributed by atoms with Gasteiger partial charge in [-0.05, 0) is 67.4 Å². The van der Waals surface area contributed by atoms with Gasteiger partial charge >= 0.3 is 12.1 Å². The van der Waals surface area contributed by atoms with Crippen LogP contribution >= 0.6 is 10.0 Å². The molecule has 0 radical (unpaired) electrons. The van der Waals surface area contributed by atoms with Crippen LogP contribution in [-0.2, 0) is 25.7 Å². The summed E-state index contributed by atoms with van der Waals surface area (Å²) in [4.78, 5) is 52.7. The average Bonchev–Trinajstić information content (AvgIpc) is 3.44. The largest absolute Gasteiger partial charge is 0.480 e. The molecule has 280 valence electrons. The molecule has 0 saturated heterocycles. The number of ether oxygens (including phenoxy) is 1. The zero-order valence-electron chi connectivity index (χ0n) is 30.2. The van der Waals surface area contributed by atoms with Crippen molar-refractivity contribution >= 4 is 33.9 Å². The van der Waals surface area contributed by atoms with Crippen LogP contribution in [0, 0.1) is 17.0 Å². The van der Waals surface area contributed by atoms with E-state index in [1.807, 2.05) is 55.7 Å². The Kier molecular flexibility index (Phi) is 14.2. The van der Waals surface area contributed by atoms with Gasteiger partial charge in [0, 0.05) is 41.9 Å². The fraction of sp³-hybridized carbons (Fsp3) is 0.459. The van der Waals surface area contributed by atoms with Gasteiger partial charge in [-0.25, -0.2) is 23.6 Å². The normalized spacial score (nSPS) is 13.8. The number of carboxylic acid groups (broad SMARTS) is 1. The van der Waals surface area contributed by atoms with Crippen LogP contribution in [0.25, 0.3) is 11.1 Å². The van der Waals surface area contributed by atoms with Crippen molar-refractivity contribution in [2.75, 3.05) is 44.3 Å². The molecule has 0 aliphatic rings. The highest BCUT2D eigenvalue weighted by molar-refractivity contribution is 8.32. The average molecular weight is 733 g/mol. The first-order valence-corrected chi connectivity index (χ1v) is 19.6.